The van der Waals surface area contributed by atoms with Crippen LogP contribution in [0, 0.1) is 0 Å². The molecule has 1 aliphatic heterocycles. The van der Waals surface area contributed by atoms with E-state index in [2.05, 4.69) is 26.0 Å². The zero-order valence-electron chi connectivity index (χ0n) is 11.1. The second kappa shape index (κ2) is 5.28. The van der Waals surface area contributed by atoms with Crippen LogP contribution in [0.2, 0.25) is 0 Å². The van der Waals surface area contributed by atoms with Crippen LogP contribution in [0.1, 0.15) is 55.4 Å². The van der Waals surface area contributed by atoms with E-state index in [1.807, 2.05) is 0 Å². The van der Waals surface area contributed by atoms with Gasteiger partial charge < -0.3 is 10.6 Å². The van der Waals surface area contributed by atoms with E-state index in [-0.39, 0.29) is 17.5 Å². The second-order valence-corrected chi connectivity index (χ2v) is 5.79. The zero-order chi connectivity index (χ0) is 13.1. The minimum Gasteiger partial charge on any atom is -0.348 e. The highest BCUT2D eigenvalue weighted by molar-refractivity contribution is 5.92. The molecule has 1 amide bonds. The highest BCUT2D eigenvalue weighted by atomic mass is 16.2. The van der Waals surface area contributed by atoms with Gasteiger partial charge in [0.15, 0.2) is 5.69 Å². The van der Waals surface area contributed by atoms with Crippen molar-refractivity contribution in [2.24, 2.45) is 0 Å². The average molecular weight is 263 g/mol. The number of carbonyl (C=O) groups excluding carboxylic acids is 1. The number of piperidine rings is 1. The summed E-state index contributed by atoms with van der Waals surface area (Å²) in [6.45, 7) is 0.990. The van der Waals surface area contributed by atoms with Gasteiger partial charge in [-0.15, -0.1) is 0 Å². The van der Waals surface area contributed by atoms with Crippen LogP contribution in [0.25, 0.3) is 0 Å². The molecule has 2 heterocycles. The number of nitrogens with zero attached hydrogens (tertiary/aromatic N) is 2. The number of amides is 1. The van der Waals surface area contributed by atoms with Crippen molar-refractivity contribution in [2.45, 2.75) is 56.5 Å². The van der Waals surface area contributed by atoms with Crippen molar-refractivity contribution in [3.63, 3.8) is 0 Å². The molecule has 0 aromatic carbocycles. The monoisotopic (exact) mass is 263 g/mol. The first-order valence-electron chi connectivity index (χ1n) is 7.19. The molecule has 0 radical (unpaired) electrons. The molecule has 2 fully saturated rings. The van der Waals surface area contributed by atoms with E-state index in [9.17, 15) is 4.79 Å². The quantitative estimate of drug-likeness (QED) is 0.743. The normalized spacial score (nSPS) is 26.2. The Kier molecular flexibility index (Phi) is 3.50. The van der Waals surface area contributed by atoms with E-state index in [1.165, 1.54) is 38.3 Å². The van der Waals surface area contributed by atoms with Crippen molar-refractivity contribution < 1.29 is 4.79 Å². The van der Waals surface area contributed by atoms with Gasteiger partial charge in [0.05, 0.1) is 6.20 Å². The van der Waals surface area contributed by atoms with Crippen molar-refractivity contribution in [1.29, 1.82) is 0 Å². The van der Waals surface area contributed by atoms with Gasteiger partial charge >= 0.3 is 0 Å². The van der Waals surface area contributed by atoms with E-state index in [1.54, 1.807) is 0 Å². The summed E-state index contributed by atoms with van der Waals surface area (Å²) < 4.78 is 0. The maximum absolute atomic E-state index is 12.0. The van der Waals surface area contributed by atoms with E-state index in [4.69, 9.17) is 0 Å². The summed E-state index contributed by atoms with van der Waals surface area (Å²) in [5.74, 6) is -0.119. The first kappa shape index (κ1) is 12.6. The predicted octanol–water partition coefficient (Wildman–Crippen LogP) is 0.989. The Balaban J connectivity index is 1.60. The molecule has 1 spiro atoms. The lowest BCUT2D eigenvalue weighted by molar-refractivity contribution is 0.0887. The molecule has 3 rings (SSSR count). The van der Waals surface area contributed by atoms with E-state index < -0.39 is 0 Å². The molecule has 1 saturated carbocycles. The standard InChI is InChI=1S/C13H21N5O/c19-12(11-9-15-18-17-11)16-10-4-7-14-13(8-10)5-2-1-3-6-13/h9-10,14H,1-8H2,(H,16,19)(H,15,17,18). The van der Waals surface area contributed by atoms with Crippen LogP contribution >= 0.6 is 0 Å². The zero-order valence-corrected chi connectivity index (χ0v) is 11.1. The van der Waals surface area contributed by atoms with E-state index in [0.29, 0.717) is 5.69 Å². The molecule has 2 aliphatic rings. The molecule has 1 aromatic heterocycles. The lowest BCUT2D eigenvalue weighted by Gasteiger charge is -2.44. The minimum absolute atomic E-state index is 0.119. The summed E-state index contributed by atoms with van der Waals surface area (Å²) in [5.41, 5.74) is 0.634. The Morgan fingerprint density at radius 1 is 1.37 bits per heavy atom. The molecule has 6 nitrogen and oxygen atoms in total. The Morgan fingerprint density at radius 3 is 2.95 bits per heavy atom. The summed E-state index contributed by atoms with van der Waals surface area (Å²) in [6, 6.07) is 0.253. The third-order valence-corrected chi connectivity index (χ3v) is 4.42. The smallest absolute Gasteiger partial charge is 0.273 e. The molecule has 0 bridgehead atoms. The van der Waals surface area contributed by atoms with Crippen LogP contribution in [0.4, 0.5) is 0 Å². The number of aromatic nitrogens is 3. The third-order valence-electron chi connectivity index (χ3n) is 4.42. The van der Waals surface area contributed by atoms with Gasteiger partial charge in [-0.3, -0.25) is 4.79 Å². The van der Waals surface area contributed by atoms with Gasteiger partial charge in [-0.2, -0.15) is 15.4 Å². The predicted molar refractivity (Wildman–Crippen MR) is 70.7 cm³/mol. The summed E-state index contributed by atoms with van der Waals surface area (Å²) in [4.78, 5) is 12.0. The molecular weight excluding hydrogens is 242 g/mol. The first-order chi connectivity index (χ1) is 9.27. The fourth-order valence-electron chi connectivity index (χ4n) is 3.46. The molecule has 1 unspecified atom stereocenters. The molecule has 1 aromatic rings. The highest BCUT2D eigenvalue weighted by Gasteiger charge is 2.37. The summed E-state index contributed by atoms with van der Waals surface area (Å²) >= 11 is 0. The van der Waals surface area contributed by atoms with Gasteiger partial charge in [0.1, 0.15) is 0 Å². The third kappa shape index (κ3) is 2.78. The molecule has 1 atom stereocenters. The second-order valence-electron chi connectivity index (χ2n) is 5.79. The molecule has 1 aliphatic carbocycles. The van der Waals surface area contributed by atoms with Crippen LogP contribution in [-0.2, 0) is 0 Å². The minimum atomic E-state index is -0.119. The van der Waals surface area contributed by atoms with Crippen LogP contribution in [-0.4, -0.2) is 39.4 Å². The Morgan fingerprint density at radius 2 is 2.21 bits per heavy atom. The Bertz CT molecular complexity index is 419. The highest BCUT2D eigenvalue weighted by Crippen LogP contribution is 2.34. The van der Waals surface area contributed by atoms with Gasteiger partial charge in [-0.25, -0.2) is 0 Å². The summed E-state index contributed by atoms with van der Waals surface area (Å²) in [5, 5.41) is 16.7. The average Bonchev–Trinajstić information content (AvgIpc) is 2.93. The number of hydrogen-bond donors (Lipinski definition) is 3. The molecular formula is C13H21N5O. The van der Waals surface area contributed by atoms with Crippen LogP contribution in [0.3, 0.4) is 0 Å². The number of aromatic amines is 1. The molecule has 3 N–H and O–H groups in total. The Labute approximate surface area is 112 Å². The van der Waals surface area contributed by atoms with E-state index >= 15 is 0 Å². The Hall–Kier alpha value is -1.43. The van der Waals surface area contributed by atoms with Gasteiger partial charge in [-0.1, -0.05) is 19.3 Å². The molecule has 1 saturated heterocycles. The largest absolute Gasteiger partial charge is 0.348 e. The van der Waals surface area contributed by atoms with Crippen LogP contribution in [0.15, 0.2) is 6.20 Å². The fourth-order valence-corrected chi connectivity index (χ4v) is 3.46. The molecule has 104 valence electrons. The van der Waals surface area contributed by atoms with Crippen LogP contribution in [0.5, 0.6) is 0 Å². The number of H-pyrrole nitrogens is 1. The topological polar surface area (TPSA) is 82.7 Å². The number of rotatable bonds is 2. The lowest BCUT2D eigenvalue weighted by Crippen LogP contribution is -2.57. The van der Waals surface area contributed by atoms with Crippen molar-refractivity contribution in [2.75, 3.05) is 6.54 Å². The van der Waals surface area contributed by atoms with E-state index in [0.717, 1.165) is 19.4 Å². The lowest BCUT2D eigenvalue weighted by atomic mass is 9.75. The van der Waals surface area contributed by atoms with Crippen LogP contribution < -0.4 is 10.6 Å². The molecule has 19 heavy (non-hydrogen) atoms. The van der Waals surface area contributed by atoms with Gasteiger partial charge in [0.25, 0.3) is 5.91 Å². The summed E-state index contributed by atoms with van der Waals surface area (Å²) in [7, 11) is 0. The summed E-state index contributed by atoms with van der Waals surface area (Å²) in [6.07, 6.45) is 9.93. The maximum atomic E-state index is 12.0. The fraction of sp³-hybridized carbons (Fsp3) is 0.769. The van der Waals surface area contributed by atoms with Gasteiger partial charge in [-0.05, 0) is 32.2 Å². The number of hydrogen-bond acceptors (Lipinski definition) is 4. The van der Waals surface area contributed by atoms with Crippen molar-refractivity contribution in [1.82, 2.24) is 26.0 Å². The maximum Gasteiger partial charge on any atom is 0.273 e. The first-order valence-corrected chi connectivity index (χ1v) is 7.19. The number of nitrogens with one attached hydrogen (secondary N) is 3. The molecule has 6 heteroatoms. The number of carbonyl (C=O) groups is 1. The van der Waals surface area contributed by atoms with Crippen molar-refractivity contribution in [3.8, 4) is 0 Å². The van der Waals surface area contributed by atoms with Gasteiger partial charge in [0, 0.05) is 11.6 Å². The SMILES string of the molecule is O=C(NC1CCNC2(CCCCC2)C1)c1cn[nH]n1. The van der Waals surface area contributed by atoms with Gasteiger partial charge in [0.2, 0.25) is 0 Å². The van der Waals surface area contributed by atoms with Crippen molar-refractivity contribution in [3.05, 3.63) is 11.9 Å². The van der Waals surface area contributed by atoms with Crippen molar-refractivity contribution >= 4 is 5.91 Å².